The summed E-state index contributed by atoms with van der Waals surface area (Å²) in [5.74, 6) is 2.74. The van der Waals surface area contributed by atoms with E-state index in [1.54, 1.807) is 0 Å². The molecular formula is C18H25NO2. The van der Waals surface area contributed by atoms with Crippen molar-refractivity contribution in [1.29, 1.82) is 0 Å². The highest BCUT2D eigenvalue weighted by atomic mass is 16.5. The van der Waals surface area contributed by atoms with Crippen molar-refractivity contribution in [3.8, 4) is 5.75 Å². The molecule has 114 valence electrons. The predicted molar refractivity (Wildman–Crippen MR) is 85.7 cm³/mol. The molecule has 3 heteroatoms. The molecule has 0 saturated carbocycles. The number of hydrogen-bond donors (Lipinski definition) is 1. The fourth-order valence-corrected chi connectivity index (χ4v) is 2.39. The van der Waals surface area contributed by atoms with Crippen LogP contribution in [0, 0.1) is 6.92 Å². The Morgan fingerprint density at radius 1 is 1.19 bits per heavy atom. The molecule has 0 saturated heterocycles. The zero-order valence-corrected chi connectivity index (χ0v) is 13.6. The maximum Gasteiger partial charge on any atom is 0.146 e. The Morgan fingerprint density at radius 2 is 1.90 bits per heavy atom. The fourth-order valence-electron chi connectivity index (χ4n) is 2.39. The van der Waals surface area contributed by atoms with Gasteiger partial charge in [-0.15, -0.1) is 0 Å². The molecule has 2 aromatic rings. The van der Waals surface area contributed by atoms with Crippen LogP contribution in [0.2, 0.25) is 0 Å². The second-order valence-corrected chi connectivity index (χ2v) is 6.36. The van der Waals surface area contributed by atoms with Crippen molar-refractivity contribution < 1.29 is 9.15 Å². The molecule has 0 spiro atoms. The van der Waals surface area contributed by atoms with Crippen LogP contribution in [0.4, 0.5) is 0 Å². The Morgan fingerprint density at radius 3 is 2.57 bits per heavy atom. The number of para-hydroxylation sites is 1. The zero-order valence-electron chi connectivity index (χ0n) is 13.6. The van der Waals surface area contributed by atoms with E-state index in [0.717, 1.165) is 23.8 Å². The van der Waals surface area contributed by atoms with Gasteiger partial charge < -0.3 is 14.5 Å². The maximum atomic E-state index is 5.98. The molecule has 21 heavy (non-hydrogen) atoms. The lowest BCUT2D eigenvalue weighted by molar-refractivity contribution is 0.261. The van der Waals surface area contributed by atoms with E-state index in [-0.39, 0.29) is 5.41 Å². The van der Waals surface area contributed by atoms with Crippen molar-refractivity contribution >= 4 is 0 Å². The molecule has 0 atom stereocenters. The second-order valence-electron chi connectivity index (χ2n) is 6.36. The van der Waals surface area contributed by atoms with Gasteiger partial charge in [-0.25, -0.2) is 0 Å². The quantitative estimate of drug-likeness (QED) is 0.895. The molecule has 1 aromatic heterocycles. The van der Waals surface area contributed by atoms with Gasteiger partial charge in [0.25, 0.3) is 0 Å². The van der Waals surface area contributed by atoms with Gasteiger partial charge in [0.2, 0.25) is 0 Å². The van der Waals surface area contributed by atoms with Crippen LogP contribution in [0.15, 0.2) is 34.7 Å². The molecule has 0 bridgehead atoms. The first kappa shape index (κ1) is 15.6. The van der Waals surface area contributed by atoms with Crippen molar-refractivity contribution in [2.24, 2.45) is 0 Å². The summed E-state index contributed by atoms with van der Waals surface area (Å²) in [5.41, 5.74) is 2.45. The second kappa shape index (κ2) is 6.35. The third kappa shape index (κ3) is 3.88. The van der Waals surface area contributed by atoms with E-state index in [4.69, 9.17) is 9.15 Å². The molecule has 2 rings (SSSR count). The first-order valence-electron chi connectivity index (χ1n) is 7.37. The van der Waals surface area contributed by atoms with Gasteiger partial charge in [-0.3, -0.25) is 0 Å². The molecule has 1 heterocycles. The Hall–Kier alpha value is -1.74. The summed E-state index contributed by atoms with van der Waals surface area (Å²) in [6.45, 7) is 9.83. The van der Waals surface area contributed by atoms with Crippen molar-refractivity contribution in [3.63, 3.8) is 0 Å². The van der Waals surface area contributed by atoms with Crippen molar-refractivity contribution in [2.75, 3.05) is 7.05 Å². The van der Waals surface area contributed by atoms with Crippen molar-refractivity contribution in [2.45, 2.75) is 46.3 Å². The van der Waals surface area contributed by atoms with Gasteiger partial charge >= 0.3 is 0 Å². The van der Waals surface area contributed by atoms with E-state index >= 15 is 0 Å². The maximum absolute atomic E-state index is 5.98. The fraction of sp³-hybridized carbons (Fsp3) is 0.444. The van der Waals surface area contributed by atoms with Gasteiger partial charge in [-0.2, -0.15) is 0 Å². The normalized spacial score (nSPS) is 11.7. The predicted octanol–water partition coefficient (Wildman–Crippen LogP) is 4.18. The van der Waals surface area contributed by atoms with Crippen LogP contribution in [-0.4, -0.2) is 7.05 Å². The molecule has 0 aliphatic heterocycles. The van der Waals surface area contributed by atoms with Crippen LogP contribution in [0.1, 0.15) is 43.4 Å². The number of nitrogens with one attached hydrogen (secondary N) is 1. The minimum atomic E-state index is 0.0625. The summed E-state index contributed by atoms with van der Waals surface area (Å²) in [4.78, 5) is 0. The van der Waals surface area contributed by atoms with Gasteiger partial charge in [-0.1, -0.05) is 39.0 Å². The van der Waals surface area contributed by atoms with Crippen LogP contribution < -0.4 is 10.1 Å². The summed E-state index contributed by atoms with van der Waals surface area (Å²) in [7, 11) is 1.93. The topological polar surface area (TPSA) is 34.4 Å². The van der Waals surface area contributed by atoms with Gasteiger partial charge in [0, 0.05) is 12.1 Å². The summed E-state index contributed by atoms with van der Waals surface area (Å²) >= 11 is 0. The highest BCUT2D eigenvalue weighted by Crippen LogP contribution is 2.31. The number of furan rings is 1. The minimum absolute atomic E-state index is 0.0625. The molecule has 1 aromatic carbocycles. The molecule has 0 unspecified atom stereocenters. The molecule has 1 N–H and O–H groups in total. The standard InChI is InChI=1S/C18H25NO2/c1-13-14(11-19-5)10-15(21-13)12-20-17-9-7-6-8-16(17)18(2,3)4/h6-10,19H,11-12H2,1-5H3. The first-order valence-corrected chi connectivity index (χ1v) is 7.37. The lowest BCUT2D eigenvalue weighted by Crippen LogP contribution is -2.13. The Bertz CT molecular complexity index is 594. The SMILES string of the molecule is CNCc1cc(COc2ccccc2C(C)(C)C)oc1C. The van der Waals surface area contributed by atoms with Gasteiger partial charge in [0.1, 0.15) is 23.9 Å². The van der Waals surface area contributed by atoms with Crippen LogP contribution in [-0.2, 0) is 18.6 Å². The molecule has 0 aliphatic rings. The van der Waals surface area contributed by atoms with E-state index in [0.29, 0.717) is 6.61 Å². The zero-order chi connectivity index (χ0) is 15.5. The lowest BCUT2D eigenvalue weighted by atomic mass is 9.86. The Labute approximate surface area is 127 Å². The first-order chi connectivity index (χ1) is 9.91. The van der Waals surface area contributed by atoms with Crippen molar-refractivity contribution in [1.82, 2.24) is 5.32 Å². The van der Waals surface area contributed by atoms with Crippen molar-refractivity contribution in [3.05, 3.63) is 53.0 Å². The highest BCUT2D eigenvalue weighted by Gasteiger charge is 2.18. The average molecular weight is 287 g/mol. The Balaban J connectivity index is 2.12. The monoisotopic (exact) mass is 287 g/mol. The minimum Gasteiger partial charge on any atom is -0.485 e. The van der Waals surface area contributed by atoms with E-state index in [1.165, 1.54) is 11.1 Å². The van der Waals surface area contributed by atoms with E-state index in [2.05, 4.69) is 44.3 Å². The van der Waals surface area contributed by atoms with E-state index in [9.17, 15) is 0 Å². The third-order valence-corrected chi connectivity index (χ3v) is 3.50. The highest BCUT2D eigenvalue weighted by molar-refractivity contribution is 5.38. The van der Waals surface area contributed by atoms with Crippen LogP contribution in [0.5, 0.6) is 5.75 Å². The summed E-state index contributed by atoms with van der Waals surface area (Å²) < 4.78 is 11.7. The van der Waals surface area contributed by atoms with Crippen LogP contribution in [0.25, 0.3) is 0 Å². The number of benzene rings is 1. The Kier molecular flexibility index (Phi) is 4.73. The molecule has 0 amide bonds. The van der Waals surface area contributed by atoms with Gasteiger partial charge in [0.05, 0.1) is 0 Å². The summed E-state index contributed by atoms with van der Waals surface area (Å²) in [5, 5.41) is 3.14. The largest absolute Gasteiger partial charge is 0.485 e. The molecule has 0 fully saturated rings. The molecule has 0 radical (unpaired) electrons. The molecular weight excluding hydrogens is 262 g/mol. The van der Waals surface area contributed by atoms with E-state index in [1.807, 2.05) is 26.1 Å². The van der Waals surface area contributed by atoms with Crippen LogP contribution >= 0.6 is 0 Å². The number of rotatable bonds is 5. The van der Waals surface area contributed by atoms with Crippen LogP contribution in [0.3, 0.4) is 0 Å². The number of ether oxygens (including phenoxy) is 1. The lowest BCUT2D eigenvalue weighted by Gasteiger charge is -2.22. The average Bonchev–Trinajstić information content (AvgIpc) is 2.77. The molecule has 0 aliphatic carbocycles. The summed E-state index contributed by atoms with van der Waals surface area (Å²) in [6.07, 6.45) is 0. The summed E-state index contributed by atoms with van der Waals surface area (Å²) in [6, 6.07) is 10.3. The number of aryl methyl sites for hydroxylation is 1. The van der Waals surface area contributed by atoms with E-state index < -0.39 is 0 Å². The third-order valence-electron chi connectivity index (χ3n) is 3.50. The smallest absolute Gasteiger partial charge is 0.146 e. The van der Waals surface area contributed by atoms with Gasteiger partial charge in [0.15, 0.2) is 0 Å². The van der Waals surface area contributed by atoms with Gasteiger partial charge in [-0.05, 0) is 37.1 Å². The number of hydrogen-bond acceptors (Lipinski definition) is 3. The molecule has 3 nitrogen and oxygen atoms in total.